The van der Waals surface area contributed by atoms with E-state index in [-0.39, 0.29) is 31.1 Å². The molecule has 0 radical (unpaired) electrons. The predicted octanol–water partition coefficient (Wildman–Crippen LogP) is 22.7. The lowest BCUT2D eigenvalue weighted by Gasteiger charge is -2.18. The van der Waals surface area contributed by atoms with Crippen molar-refractivity contribution in [2.45, 2.75) is 290 Å². The summed E-state index contributed by atoms with van der Waals surface area (Å²) >= 11 is 0. The fourth-order valence-corrected chi connectivity index (χ4v) is 8.70. The molecule has 0 fully saturated rings. The molecule has 0 rings (SSSR count). The van der Waals surface area contributed by atoms with Gasteiger partial charge in [0.05, 0.1) is 0 Å². The van der Waals surface area contributed by atoms with Crippen LogP contribution >= 0.6 is 0 Å². The molecule has 1 unspecified atom stereocenters. The smallest absolute Gasteiger partial charge is 0.306 e. The minimum atomic E-state index is -0.805. The van der Waals surface area contributed by atoms with Gasteiger partial charge in [-0.3, -0.25) is 14.4 Å². The lowest BCUT2D eigenvalue weighted by atomic mass is 10.1. The van der Waals surface area contributed by atoms with Crippen LogP contribution in [0.25, 0.3) is 0 Å². The fraction of sp³-hybridized carbons (Fsp3) is 0.635. The number of ether oxygens (including phenoxy) is 3. The molecule has 0 saturated carbocycles. The van der Waals surface area contributed by atoms with Crippen LogP contribution in [0.5, 0.6) is 0 Å². The number of hydrogen-bond donors (Lipinski definition) is 0. The van der Waals surface area contributed by atoms with Gasteiger partial charge in [-0.05, 0) is 141 Å². The van der Waals surface area contributed by atoms with Crippen LogP contribution in [-0.2, 0) is 28.6 Å². The van der Waals surface area contributed by atoms with E-state index in [1.165, 1.54) is 96.3 Å². The van der Waals surface area contributed by atoms with Gasteiger partial charge in [0.2, 0.25) is 0 Å². The van der Waals surface area contributed by atoms with Crippen LogP contribution in [0.3, 0.4) is 0 Å². The summed E-state index contributed by atoms with van der Waals surface area (Å²) < 4.78 is 16.9. The Hall–Kier alpha value is -4.71. The SMILES string of the molecule is CC/C=C\C/C=C\C/C=C\C/C=C\C/C=C\C/C=C\C/C=C\C/C=C\CCCCCCCCC(=O)OCC(COC(=O)CCCCC/C=C\C/C=C\C/C=C\CC)OC(=O)CCCCCCCCC/C=C\CCCCCCCCC. The van der Waals surface area contributed by atoms with E-state index in [4.69, 9.17) is 14.2 Å². The molecule has 1 atom stereocenters. The highest BCUT2D eigenvalue weighted by Crippen LogP contribution is 2.15. The molecule has 6 nitrogen and oxygen atoms in total. The molecule has 80 heavy (non-hydrogen) atoms. The number of unbranched alkanes of at least 4 members (excludes halogenated alkanes) is 23. The second-order valence-electron chi connectivity index (χ2n) is 21.3. The van der Waals surface area contributed by atoms with E-state index >= 15 is 0 Å². The molecule has 0 N–H and O–H groups in total. The Morgan fingerprint density at radius 2 is 0.487 bits per heavy atom. The molecule has 0 spiro atoms. The molecule has 0 amide bonds. The normalized spacial score (nSPS) is 13.1. The van der Waals surface area contributed by atoms with E-state index in [0.29, 0.717) is 19.3 Å². The Morgan fingerprint density at radius 1 is 0.263 bits per heavy atom. The average Bonchev–Trinajstić information content (AvgIpc) is 3.46. The minimum Gasteiger partial charge on any atom is -0.462 e. The standard InChI is InChI=1S/C74H120O6/c1-4-7-10-13-16-19-22-25-27-29-31-32-33-34-35-36-37-38-39-40-41-42-43-45-46-49-52-55-58-61-64-67-73(76)79-70-71(69-78-72(75)66-63-60-57-54-51-48-24-21-18-15-12-9-6-3)80-74(77)68-65-62-59-56-53-50-47-44-30-28-26-23-20-17-14-11-8-5-2/h7,9-10,12,16,18-19,21,25,27-28,30-32,34-35,37-38,40-41,43,45,48,51,71H,4-6,8,11,13-15,17,20,22-24,26,29,33,36,39,42,44,46-47,49-50,52-70H2,1-3H3/b10-7-,12-9-,19-16-,21-18-,27-25-,30-28-,32-31-,35-34-,38-37-,41-40-,45-43-,51-48-. The summed E-state index contributed by atoms with van der Waals surface area (Å²) in [5, 5.41) is 0. The zero-order valence-corrected chi connectivity index (χ0v) is 51.8. The van der Waals surface area contributed by atoms with E-state index < -0.39 is 6.10 Å². The van der Waals surface area contributed by atoms with Crippen molar-refractivity contribution in [2.24, 2.45) is 0 Å². The predicted molar refractivity (Wildman–Crippen MR) is 348 cm³/mol. The molecule has 0 aliphatic rings. The highest BCUT2D eigenvalue weighted by atomic mass is 16.6. The average molecular weight is 1110 g/mol. The van der Waals surface area contributed by atoms with Gasteiger partial charge < -0.3 is 14.2 Å². The highest BCUT2D eigenvalue weighted by molar-refractivity contribution is 5.71. The first-order valence-corrected chi connectivity index (χ1v) is 32.8. The second kappa shape index (κ2) is 66.8. The molecule has 452 valence electrons. The van der Waals surface area contributed by atoms with Gasteiger partial charge in [0.25, 0.3) is 0 Å². The second-order valence-corrected chi connectivity index (χ2v) is 21.3. The van der Waals surface area contributed by atoms with Crippen molar-refractivity contribution in [1.29, 1.82) is 0 Å². The molecule has 0 aliphatic heterocycles. The van der Waals surface area contributed by atoms with Gasteiger partial charge in [0.15, 0.2) is 6.10 Å². The zero-order valence-electron chi connectivity index (χ0n) is 51.8. The van der Waals surface area contributed by atoms with Crippen LogP contribution in [0.2, 0.25) is 0 Å². The van der Waals surface area contributed by atoms with Crippen molar-refractivity contribution < 1.29 is 28.6 Å². The van der Waals surface area contributed by atoms with E-state index in [0.717, 1.165) is 148 Å². The number of rotatable bonds is 58. The third kappa shape index (κ3) is 64.1. The van der Waals surface area contributed by atoms with Gasteiger partial charge in [-0.15, -0.1) is 0 Å². The number of hydrogen-bond acceptors (Lipinski definition) is 6. The van der Waals surface area contributed by atoms with Crippen molar-refractivity contribution in [3.63, 3.8) is 0 Å². The molecule has 0 bridgehead atoms. The lowest BCUT2D eigenvalue weighted by Crippen LogP contribution is -2.30. The van der Waals surface area contributed by atoms with Crippen molar-refractivity contribution in [1.82, 2.24) is 0 Å². The number of esters is 3. The first-order valence-electron chi connectivity index (χ1n) is 32.8. The minimum absolute atomic E-state index is 0.101. The Bertz CT molecular complexity index is 1750. The Morgan fingerprint density at radius 3 is 0.787 bits per heavy atom. The molecule has 0 saturated heterocycles. The van der Waals surface area contributed by atoms with Crippen molar-refractivity contribution >= 4 is 17.9 Å². The summed E-state index contributed by atoms with van der Waals surface area (Å²) in [6, 6.07) is 0. The Labute approximate surface area is 493 Å². The summed E-state index contributed by atoms with van der Waals surface area (Å²) in [5.41, 5.74) is 0. The molecule has 0 aromatic carbocycles. The quantitative estimate of drug-likeness (QED) is 0.0261. The van der Waals surface area contributed by atoms with Crippen LogP contribution in [0.4, 0.5) is 0 Å². The van der Waals surface area contributed by atoms with E-state index in [9.17, 15) is 14.4 Å². The Balaban J connectivity index is 4.37. The monoisotopic (exact) mass is 1100 g/mol. The van der Waals surface area contributed by atoms with Crippen molar-refractivity contribution in [3.8, 4) is 0 Å². The maximum absolute atomic E-state index is 12.9. The van der Waals surface area contributed by atoms with Crippen LogP contribution in [0.15, 0.2) is 146 Å². The third-order valence-electron chi connectivity index (χ3n) is 13.6. The van der Waals surface area contributed by atoms with Gasteiger partial charge in [0.1, 0.15) is 13.2 Å². The maximum atomic E-state index is 12.9. The highest BCUT2D eigenvalue weighted by Gasteiger charge is 2.19. The van der Waals surface area contributed by atoms with Crippen LogP contribution in [-0.4, -0.2) is 37.2 Å². The first-order chi connectivity index (χ1) is 39.5. The van der Waals surface area contributed by atoms with Crippen LogP contribution < -0.4 is 0 Å². The van der Waals surface area contributed by atoms with Gasteiger partial charge >= 0.3 is 17.9 Å². The van der Waals surface area contributed by atoms with E-state index in [2.05, 4.69) is 167 Å². The topological polar surface area (TPSA) is 78.9 Å². The molecular formula is C74H120O6. The molecular weight excluding hydrogens is 985 g/mol. The van der Waals surface area contributed by atoms with E-state index in [1.54, 1.807) is 0 Å². The van der Waals surface area contributed by atoms with Crippen molar-refractivity contribution in [3.05, 3.63) is 146 Å². The molecule has 0 aromatic heterocycles. The van der Waals surface area contributed by atoms with Gasteiger partial charge in [-0.1, -0.05) is 269 Å². The van der Waals surface area contributed by atoms with Gasteiger partial charge in [-0.2, -0.15) is 0 Å². The third-order valence-corrected chi connectivity index (χ3v) is 13.6. The number of carbonyl (C=O) groups excluding carboxylic acids is 3. The largest absolute Gasteiger partial charge is 0.462 e. The summed E-state index contributed by atoms with van der Waals surface area (Å²) in [4.78, 5) is 38.3. The summed E-state index contributed by atoms with van der Waals surface area (Å²) in [6.07, 6.45) is 95.7. The van der Waals surface area contributed by atoms with Crippen molar-refractivity contribution in [2.75, 3.05) is 13.2 Å². The maximum Gasteiger partial charge on any atom is 0.306 e. The van der Waals surface area contributed by atoms with Gasteiger partial charge in [0, 0.05) is 19.3 Å². The summed E-state index contributed by atoms with van der Waals surface area (Å²) in [5.74, 6) is -0.948. The molecule has 0 heterocycles. The number of carbonyl (C=O) groups is 3. The number of allylic oxidation sites excluding steroid dienone is 24. The summed E-state index contributed by atoms with van der Waals surface area (Å²) in [7, 11) is 0. The summed E-state index contributed by atoms with van der Waals surface area (Å²) in [6.45, 7) is 6.37. The molecule has 0 aromatic rings. The van der Waals surface area contributed by atoms with Crippen LogP contribution in [0, 0.1) is 0 Å². The van der Waals surface area contributed by atoms with Gasteiger partial charge in [-0.25, -0.2) is 0 Å². The molecule has 6 heteroatoms. The molecule has 0 aliphatic carbocycles. The Kier molecular flexibility index (Phi) is 62.9. The lowest BCUT2D eigenvalue weighted by molar-refractivity contribution is -0.167. The zero-order chi connectivity index (χ0) is 57.8. The van der Waals surface area contributed by atoms with Crippen LogP contribution in [0.1, 0.15) is 284 Å². The van der Waals surface area contributed by atoms with E-state index in [1.807, 2.05) is 0 Å². The first kappa shape index (κ1) is 75.3. The fourth-order valence-electron chi connectivity index (χ4n) is 8.70.